The Morgan fingerprint density at radius 3 is 2.96 bits per heavy atom. The van der Waals surface area contributed by atoms with Crippen molar-refractivity contribution in [2.24, 2.45) is 0 Å². The number of hydrogen-bond acceptors (Lipinski definition) is 6. The average molecular weight is 328 g/mol. The Morgan fingerprint density at radius 1 is 1.08 bits per heavy atom. The van der Waals surface area contributed by atoms with Crippen LogP contribution in [0.5, 0.6) is 0 Å². The van der Waals surface area contributed by atoms with Gasteiger partial charge in [0.25, 0.3) is 0 Å². The topological polar surface area (TPSA) is 93.4 Å². The maximum atomic E-state index is 5.62. The van der Waals surface area contributed by atoms with Gasteiger partial charge in [-0.2, -0.15) is 0 Å². The minimum atomic E-state index is 0.541. The summed E-state index contributed by atoms with van der Waals surface area (Å²) in [6.45, 7) is 1.94. The van der Waals surface area contributed by atoms with Crippen molar-refractivity contribution in [3.8, 4) is 22.8 Å². The second-order valence-electron chi connectivity index (χ2n) is 5.68. The summed E-state index contributed by atoms with van der Waals surface area (Å²) in [5.41, 5.74) is 5.23. The first-order valence-corrected chi connectivity index (χ1v) is 7.76. The number of nitrogens with one attached hydrogen (secondary N) is 1. The SMILES string of the molecule is Cc1cccc(-c2nc(-c3coc4cnccc34)c3nc[nH]c3n2)n1. The molecule has 0 aliphatic carbocycles. The van der Waals surface area contributed by atoms with Crippen LogP contribution in [-0.4, -0.2) is 29.9 Å². The Kier molecular flexibility index (Phi) is 2.87. The number of rotatable bonds is 2. The summed E-state index contributed by atoms with van der Waals surface area (Å²) in [4.78, 5) is 25.4. The van der Waals surface area contributed by atoms with Crippen molar-refractivity contribution in [3.05, 3.63) is 54.9 Å². The molecule has 0 amide bonds. The van der Waals surface area contributed by atoms with Gasteiger partial charge in [0, 0.05) is 22.8 Å². The number of nitrogens with zero attached hydrogens (tertiary/aromatic N) is 5. The fourth-order valence-corrected chi connectivity index (χ4v) is 2.87. The zero-order valence-electron chi connectivity index (χ0n) is 13.3. The number of aromatic amines is 1. The van der Waals surface area contributed by atoms with Gasteiger partial charge in [-0.3, -0.25) is 4.98 Å². The molecular weight excluding hydrogens is 316 g/mol. The highest BCUT2D eigenvalue weighted by atomic mass is 16.3. The molecule has 1 N–H and O–H groups in total. The second kappa shape index (κ2) is 5.20. The van der Waals surface area contributed by atoms with E-state index in [4.69, 9.17) is 9.40 Å². The molecule has 0 aliphatic heterocycles. The molecule has 5 aromatic rings. The molecule has 5 rings (SSSR count). The smallest absolute Gasteiger partial charge is 0.180 e. The van der Waals surface area contributed by atoms with E-state index in [-0.39, 0.29) is 0 Å². The van der Waals surface area contributed by atoms with E-state index < -0.39 is 0 Å². The van der Waals surface area contributed by atoms with Gasteiger partial charge in [0.1, 0.15) is 23.2 Å². The Bertz CT molecular complexity index is 1220. The van der Waals surface area contributed by atoms with Crippen LogP contribution >= 0.6 is 0 Å². The van der Waals surface area contributed by atoms with Crippen LogP contribution in [-0.2, 0) is 0 Å². The normalized spacial score (nSPS) is 11.4. The van der Waals surface area contributed by atoms with E-state index in [1.54, 1.807) is 25.0 Å². The number of aromatic nitrogens is 6. The molecule has 0 unspecified atom stereocenters. The third kappa shape index (κ3) is 2.17. The summed E-state index contributed by atoms with van der Waals surface area (Å²) >= 11 is 0. The Morgan fingerprint density at radius 2 is 2.04 bits per heavy atom. The lowest BCUT2D eigenvalue weighted by molar-refractivity contribution is 0.615. The monoisotopic (exact) mass is 328 g/mol. The molecular formula is C18H12N6O. The maximum absolute atomic E-state index is 5.62. The minimum absolute atomic E-state index is 0.541. The number of furan rings is 1. The van der Waals surface area contributed by atoms with Gasteiger partial charge in [-0.05, 0) is 25.1 Å². The molecule has 0 fully saturated rings. The molecule has 0 atom stereocenters. The van der Waals surface area contributed by atoms with Crippen LogP contribution in [0.2, 0.25) is 0 Å². The molecule has 0 spiro atoms. The molecule has 5 aromatic heterocycles. The molecule has 25 heavy (non-hydrogen) atoms. The lowest BCUT2D eigenvalue weighted by atomic mass is 10.1. The predicted molar refractivity (Wildman–Crippen MR) is 92.7 cm³/mol. The highest BCUT2D eigenvalue weighted by Crippen LogP contribution is 2.33. The first-order chi connectivity index (χ1) is 12.3. The van der Waals surface area contributed by atoms with Crippen molar-refractivity contribution in [1.29, 1.82) is 0 Å². The predicted octanol–water partition coefficient (Wildman–Crippen LogP) is 3.53. The molecule has 7 heteroatoms. The molecule has 0 aliphatic rings. The van der Waals surface area contributed by atoms with Crippen molar-refractivity contribution in [1.82, 2.24) is 29.9 Å². The molecule has 0 saturated carbocycles. The number of hydrogen-bond donors (Lipinski definition) is 1. The zero-order chi connectivity index (χ0) is 16.8. The van der Waals surface area contributed by atoms with Gasteiger partial charge in [-0.15, -0.1) is 0 Å². The Balaban J connectivity index is 1.82. The van der Waals surface area contributed by atoms with Crippen molar-refractivity contribution in [3.63, 3.8) is 0 Å². The summed E-state index contributed by atoms with van der Waals surface area (Å²) < 4.78 is 5.62. The van der Waals surface area contributed by atoms with Crippen LogP contribution < -0.4 is 0 Å². The van der Waals surface area contributed by atoms with Crippen LogP contribution in [0, 0.1) is 6.92 Å². The van der Waals surface area contributed by atoms with E-state index in [9.17, 15) is 0 Å². The third-order valence-electron chi connectivity index (χ3n) is 4.03. The molecule has 5 heterocycles. The van der Waals surface area contributed by atoms with Crippen molar-refractivity contribution in [2.45, 2.75) is 6.92 Å². The summed E-state index contributed by atoms with van der Waals surface area (Å²) in [7, 11) is 0. The van der Waals surface area contributed by atoms with Crippen molar-refractivity contribution in [2.75, 3.05) is 0 Å². The fourth-order valence-electron chi connectivity index (χ4n) is 2.87. The number of pyridine rings is 2. The zero-order valence-corrected chi connectivity index (χ0v) is 13.3. The molecule has 7 nitrogen and oxygen atoms in total. The van der Waals surface area contributed by atoms with Gasteiger partial charge in [0.15, 0.2) is 17.1 Å². The maximum Gasteiger partial charge on any atom is 0.180 e. The van der Waals surface area contributed by atoms with Crippen LogP contribution in [0.1, 0.15) is 5.69 Å². The highest BCUT2D eigenvalue weighted by molar-refractivity contribution is 5.99. The van der Waals surface area contributed by atoms with Gasteiger partial charge >= 0.3 is 0 Å². The summed E-state index contributed by atoms with van der Waals surface area (Å²) in [6, 6.07) is 7.68. The molecule has 0 radical (unpaired) electrons. The molecule has 0 aromatic carbocycles. The first-order valence-electron chi connectivity index (χ1n) is 7.76. The minimum Gasteiger partial charge on any atom is -0.462 e. The standard InChI is InChI=1S/C18H12N6O/c1-10-3-2-4-13(22-10)17-23-15(16-18(24-17)21-9-20-16)12-8-25-14-7-19-6-5-11(12)14/h2-9H,1H3,(H,20,21,23,24). The highest BCUT2D eigenvalue weighted by Gasteiger charge is 2.17. The summed E-state index contributed by atoms with van der Waals surface area (Å²) in [5, 5.41) is 0.932. The molecule has 0 saturated heterocycles. The van der Waals surface area contributed by atoms with Gasteiger partial charge in [0.05, 0.1) is 12.5 Å². The van der Waals surface area contributed by atoms with Crippen LogP contribution in [0.25, 0.3) is 44.9 Å². The van der Waals surface area contributed by atoms with Gasteiger partial charge in [0.2, 0.25) is 0 Å². The molecule has 120 valence electrons. The summed E-state index contributed by atoms with van der Waals surface area (Å²) in [6.07, 6.45) is 6.70. The van der Waals surface area contributed by atoms with Gasteiger partial charge in [-0.1, -0.05) is 6.07 Å². The molecule has 0 bridgehead atoms. The first kappa shape index (κ1) is 13.8. The van der Waals surface area contributed by atoms with E-state index in [1.807, 2.05) is 31.2 Å². The van der Waals surface area contributed by atoms with E-state index in [0.29, 0.717) is 34.0 Å². The van der Waals surface area contributed by atoms with Crippen LogP contribution in [0.3, 0.4) is 0 Å². The van der Waals surface area contributed by atoms with Crippen molar-refractivity contribution < 1.29 is 4.42 Å². The number of fused-ring (bicyclic) bond motifs is 2. The van der Waals surface area contributed by atoms with E-state index >= 15 is 0 Å². The van der Waals surface area contributed by atoms with Gasteiger partial charge < -0.3 is 9.40 Å². The lowest BCUT2D eigenvalue weighted by Gasteiger charge is -2.05. The third-order valence-corrected chi connectivity index (χ3v) is 4.03. The number of aryl methyl sites for hydroxylation is 1. The van der Waals surface area contributed by atoms with E-state index in [1.165, 1.54) is 0 Å². The average Bonchev–Trinajstić information content (AvgIpc) is 3.27. The second-order valence-corrected chi connectivity index (χ2v) is 5.68. The van der Waals surface area contributed by atoms with Crippen LogP contribution in [0.4, 0.5) is 0 Å². The largest absolute Gasteiger partial charge is 0.462 e. The van der Waals surface area contributed by atoms with E-state index in [0.717, 1.165) is 16.6 Å². The fraction of sp³-hybridized carbons (Fsp3) is 0.0556. The Hall–Kier alpha value is -3.61. The van der Waals surface area contributed by atoms with Gasteiger partial charge in [-0.25, -0.2) is 19.9 Å². The quantitative estimate of drug-likeness (QED) is 0.533. The lowest BCUT2D eigenvalue weighted by Crippen LogP contribution is -1.97. The Labute approximate surface area is 141 Å². The van der Waals surface area contributed by atoms with Crippen molar-refractivity contribution >= 4 is 22.1 Å². The summed E-state index contributed by atoms with van der Waals surface area (Å²) in [5.74, 6) is 0.541. The number of H-pyrrole nitrogens is 1. The van der Waals surface area contributed by atoms with Crippen LogP contribution in [0.15, 0.2) is 53.7 Å². The van der Waals surface area contributed by atoms with E-state index in [2.05, 4.69) is 24.9 Å². The number of imidazole rings is 1.